The molecule has 0 saturated heterocycles. The third kappa shape index (κ3) is 3.36. The number of carbonyl (C=O) groups excluding carboxylic acids is 1. The van der Waals surface area contributed by atoms with Crippen LogP contribution in [0.1, 0.15) is 48.6 Å². The standard InChI is InChI=1S/C19H22N2O2S/c1-3-5-6-11-18-20-15-9-7-8-10-16(15)21(18)14-12-17(24-13-14)19(22)23-4-2/h7-10,12-13H,3-6,11H2,1-2H3. The summed E-state index contributed by atoms with van der Waals surface area (Å²) in [6.07, 6.45) is 4.44. The van der Waals surface area contributed by atoms with Crippen LogP contribution < -0.4 is 0 Å². The first kappa shape index (κ1) is 16.7. The van der Waals surface area contributed by atoms with Crippen molar-refractivity contribution in [3.63, 3.8) is 0 Å². The zero-order valence-corrected chi connectivity index (χ0v) is 14.9. The van der Waals surface area contributed by atoms with Crippen molar-refractivity contribution < 1.29 is 9.53 Å². The van der Waals surface area contributed by atoms with Crippen LogP contribution >= 0.6 is 11.3 Å². The number of benzene rings is 1. The Bertz CT molecular complexity index is 835. The molecule has 24 heavy (non-hydrogen) atoms. The molecule has 0 aliphatic carbocycles. The lowest BCUT2D eigenvalue weighted by Gasteiger charge is -2.07. The second kappa shape index (κ2) is 7.62. The van der Waals surface area contributed by atoms with Gasteiger partial charge in [0.25, 0.3) is 0 Å². The Morgan fingerprint density at radius 1 is 1.25 bits per heavy atom. The van der Waals surface area contributed by atoms with E-state index >= 15 is 0 Å². The van der Waals surface area contributed by atoms with Gasteiger partial charge in [0, 0.05) is 11.8 Å². The van der Waals surface area contributed by atoms with Crippen molar-refractivity contribution in [1.29, 1.82) is 0 Å². The second-order valence-electron chi connectivity index (χ2n) is 5.70. The van der Waals surface area contributed by atoms with Crippen molar-refractivity contribution in [3.05, 3.63) is 46.4 Å². The zero-order valence-electron chi connectivity index (χ0n) is 14.1. The summed E-state index contributed by atoms with van der Waals surface area (Å²) in [5, 5.41) is 2.00. The normalized spacial score (nSPS) is 11.1. The average molecular weight is 342 g/mol. The first-order chi connectivity index (χ1) is 11.7. The molecule has 0 radical (unpaired) electrons. The monoisotopic (exact) mass is 342 g/mol. The molecule has 0 atom stereocenters. The average Bonchev–Trinajstić information content (AvgIpc) is 3.19. The fraction of sp³-hybridized carbons (Fsp3) is 0.368. The van der Waals surface area contributed by atoms with Gasteiger partial charge in [-0.1, -0.05) is 31.9 Å². The maximum atomic E-state index is 12.0. The predicted molar refractivity (Wildman–Crippen MR) is 98.1 cm³/mol. The first-order valence-electron chi connectivity index (χ1n) is 8.47. The van der Waals surface area contributed by atoms with Crippen molar-refractivity contribution in [3.8, 4) is 5.69 Å². The number of fused-ring (bicyclic) bond motifs is 1. The number of nitrogens with zero attached hydrogens (tertiary/aromatic N) is 2. The summed E-state index contributed by atoms with van der Waals surface area (Å²) >= 11 is 1.42. The van der Waals surface area contributed by atoms with E-state index in [9.17, 15) is 4.79 Å². The molecule has 3 aromatic rings. The van der Waals surface area contributed by atoms with Gasteiger partial charge < -0.3 is 4.74 Å². The molecular formula is C19H22N2O2S. The van der Waals surface area contributed by atoms with Gasteiger partial charge in [-0.3, -0.25) is 4.57 Å². The molecule has 3 rings (SSSR count). The molecule has 0 saturated carbocycles. The molecule has 0 aliphatic rings. The van der Waals surface area contributed by atoms with Crippen LogP contribution in [-0.4, -0.2) is 22.1 Å². The minimum absolute atomic E-state index is 0.259. The number of rotatable bonds is 7. The molecule has 126 valence electrons. The van der Waals surface area contributed by atoms with E-state index in [1.165, 1.54) is 24.2 Å². The van der Waals surface area contributed by atoms with Gasteiger partial charge in [0.1, 0.15) is 10.7 Å². The van der Waals surface area contributed by atoms with E-state index in [0.717, 1.165) is 35.4 Å². The number of thiophene rings is 1. The molecule has 1 aromatic carbocycles. The van der Waals surface area contributed by atoms with E-state index in [-0.39, 0.29) is 5.97 Å². The van der Waals surface area contributed by atoms with Crippen molar-refractivity contribution >= 4 is 28.3 Å². The maximum Gasteiger partial charge on any atom is 0.348 e. The minimum atomic E-state index is -0.259. The van der Waals surface area contributed by atoms with Crippen LogP contribution in [0.2, 0.25) is 0 Å². The van der Waals surface area contributed by atoms with E-state index in [4.69, 9.17) is 9.72 Å². The van der Waals surface area contributed by atoms with E-state index in [1.807, 2.05) is 36.6 Å². The van der Waals surface area contributed by atoms with E-state index in [0.29, 0.717) is 11.5 Å². The number of aromatic nitrogens is 2. The molecule has 0 N–H and O–H groups in total. The highest BCUT2D eigenvalue weighted by atomic mass is 32.1. The fourth-order valence-corrected chi connectivity index (χ4v) is 3.58. The van der Waals surface area contributed by atoms with Crippen molar-refractivity contribution in [2.75, 3.05) is 6.61 Å². The second-order valence-corrected chi connectivity index (χ2v) is 6.61. The number of hydrogen-bond acceptors (Lipinski definition) is 4. The molecule has 0 bridgehead atoms. The first-order valence-corrected chi connectivity index (χ1v) is 9.35. The van der Waals surface area contributed by atoms with Crippen molar-refractivity contribution in [2.24, 2.45) is 0 Å². The zero-order chi connectivity index (χ0) is 16.9. The molecular weight excluding hydrogens is 320 g/mol. The lowest BCUT2D eigenvalue weighted by molar-refractivity contribution is 0.0532. The molecule has 2 heterocycles. The molecule has 0 amide bonds. The maximum absolute atomic E-state index is 12.0. The van der Waals surface area contributed by atoms with Crippen LogP contribution in [0, 0.1) is 0 Å². The predicted octanol–water partition coefficient (Wildman–Crippen LogP) is 5.00. The summed E-state index contributed by atoms with van der Waals surface area (Å²) in [7, 11) is 0. The van der Waals surface area contributed by atoms with Crippen molar-refractivity contribution in [2.45, 2.75) is 39.5 Å². The molecule has 4 nitrogen and oxygen atoms in total. The van der Waals surface area contributed by atoms with Crippen LogP contribution in [-0.2, 0) is 11.2 Å². The van der Waals surface area contributed by atoms with Crippen LogP contribution in [0.4, 0.5) is 0 Å². The summed E-state index contributed by atoms with van der Waals surface area (Å²) in [5.74, 6) is 0.795. The van der Waals surface area contributed by atoms with Crippen molar-refractivity contribution in [1.82, 2.24) is 9.55 Å². The van der Waals surface area contributed by atoms with Crippen LogP contribution in [0.5, 0.6) is 0 Å². The van der Waals surface area contributed by atoms with Gasteiger partial charge >= 0.3 is 5.97 Å². The highest BCUT2D eigenvalue weighted by Crippen LogP contribution is 2.26. The SMILES string of the molecule is CCCCCc1nc2ccccc2n1-c1csc(C(=O)OCC)c1. The summed E-state index contributed by atoms with van der Waals surface area (Å²) in [6.45, 7) is 4.41. The Balaban J connectivity index is 2.00. The summed E-state index contributed by atoms with van der Waals surface area (Å²) < 4.78 is 7.27. The number of esters is 1. The molecule has 0 fully saturated rings. The minimum Gasteiger partial charge on any atom is -0.462 e. The summed E-state index contributed by atoms with van der Waals surface area (Å²) in [5.41, 5.74) is 3.06. The van der Waals surface area contributed by atoms with E-state index < -0.39 is 0 Å². The highest BCUT2D eigenvalue weighted by molar-refractivity contribution is 7.12. The third-order valence-electron chi connectivity index (χ3n) is 3.95. The summed E-state index contributed by atoms with van der Waals surface area (Å²) in [4.78, 5) is 17.4. The van der Waals surface area contributed by atoms with Gasteiger partial charge in [0.2, 0.25) is 0 Å². The van der Waals surface area contributed by atoms with Gasteiger partial charge in [-0.05, 0) is 31.5 Å². The molecule has 0 unspecified atom stereocenters. The number of aryl methyl sites for hydroxylation is 1. The largest absolute Gasteiger partial charge is 0.462 e. The number of para-hydroxylation sites is 2. The number of imidazole rings is 1. The molecule has 0 aliphatic heterocycles. The van der Waals surface area contributed by atoms with E-state index in [2.05, 4.69) is 17.6 Å². The lowest BCUT2D eigenvalue weighted by atomic mass is 10.2. The Labute approximate surface area is 146 Å². The quantitative estimate of drug-likeness (QED) is 0.448. The van der Waals surface area contributed by atoms with Gasteiger partial charge in [-0.2, -0.15) is 0 Å². The highest BCUT2D eigenvalue weighted by Gasteiger charge is 2.16. The van der Waals surface area contributed by atoms with Gasteiger partial charge in [-0.25, -0.2) is 9.78 Å². The van der Waals surface area contributed by atoms with Gasteiger partial charge in [0.15, 0.2) is 0 Å². The number of unbranched alkanes of at least 4 members (excludes halogenated alkanes) is 2. The number of ether oxygens (including phenoxy) is 1. The third-order valence-corrected chi connectivity index (χ3v) is 4.85. The Morgan fingerprint density at radius 2 is 2.08 bits per heavy atom. The van der Waals surface area contributed by atoms with Crippen LogP contribution in [0.15, 0.2) is 35.7 Å². The Morgan fingerprint density at radius 3 is 2.88 bits per heavy atom. The van der Waals surface area contributed by atoms with Crippen LogP contribution in [0.3, 0.4) is 0 Å². The lowest BCUT2D eigenvalue weighted by Crippen LogP contribution is -2.03. The number of hydrogen-bond donors (Lipinski definition) is 0. The molecule has 5 heteroatoms. The number of carbonyl (C=O) groups is 1. The molecule has 2 aromatic heterocycles. The Hall–Kier alpha value is -2.14. The Kier molecular flexibility index (Phi) is 5.30. The topological polar surface area (TPSA) is 44.1 Å². The molecule has 0 spiro atoms. The van der Waals surface area contributed by atoms with Gasteiger partial charge in [0.05, 0.1) is 23.3 Å². The smallest absolute Gasteiger partial charge is 0.348 e. The van der Waals surface area contributed by atoms with E-state index in [1.54, 1.807) is 0 Å². The summed E-state index contributed by atoms with van der Waals surface area (Å²) in [6, 6.07) is 10.0. The fourth-order valence-electron chi connectivity index (χ4n) is 2.82. The van der Waals surface area contributed by atoms with Crippen LogP contribution in [0.25, 0.3) is 16.7 Å². The van der Waals surface area contributed by atoms with Gasteiger partial charge in [-0.15, -0.1) is 11.3 Å².